The van der Waals surface area contributed by atoms with Gasteiger partial charge in [0, 0.05) is 5.54 Å². The molecule has 0 rings (SSSR count). The normalized spacial score (nSPS) is 12.0. The summed E-state index contributed by atoms with van der Waals surface area (Å²) in [7, 11) is 0. The third-order valence-corrected chi connectivity index (χ3v) is 5.52. The Bertz CT molecular complexity index is 230. The van der Waals surface area contributed by atoms with Crippen LogP contribution in [0.3, 0.4) is 0 Å². The molecular weight excluding hydrogens is 290 g/mol. The molecule has 0 aromatic rings. The molecule has 0 bridgehead atoms. The molecule has 2 N–H and O–H groups in total. The minimum atomic E-state index is 0.140. The summed E-state index contributed by atoms with van der Waals surface area (Å²) in [4.78, 5) is 0. The Balaban J connectivity index is 3.30. The predicted molar refractivity (Wildman–Crippen MR) is 112 cm³/mol. The molecule has 1 heteroatoms. The highest BCUT2D eigenvalue weighted by Gasteiger charge is 2.21. The smallest absolute Gasteiger partial charge is 0.0154 e. The summed E-state index contributed by atoms with van der Waals surface area (Å²) in [6, 6.07) is 0. The average Bonchev–Trinajstić information content (AvgIpc) is 2.55. The molecule has 0 aromatic heterocycles. The highest BCUT2D eigenvalue weighted by atomic mass is 14.7. The first kappa shape index (κ1) is 24.0. The Labute approximate surface area is 154 Å². The van der Waals surface area contributed by atoms with Crippen molar-refractivity contribution in [3.05, 3.63) is 0 Å². The molecule has 0 unspecified atom stereocenters. The monoisotopic (exact) mass is 339 g/mol. The van der Waals surface area contributed by atoms with Crippen LogP contribution in [-0.4, -0.2) is 5.54 Å². The quantitative estimate of drug-likeness (QED) is 0.236. The molecule has 0 fully saturated rings. The van der Waals surface area contributed by atoms with E-state index in [0.29, 0.717) is 0 Å². The van der Waals surface area contributed by atoms with Crippen molar-refractivity contribution >= 4 is 0 Å². The molecule has 0 spiro atoms. The van der Waals surface area contributed by atoms with Gasteiger partial charge >= 0.3 is 0 Å². The van der Waals surface area contributed by atoms with Crippen molar-refractivity contribution in [2.45, 2.75) is 148 Å². The van der Waals surface area contributed by atoms with Crippen molar-refractivity contribution in [3.8, 4) is 0 Å². The molecular formula is C23H49N. The first-order chi connectivity index (χ1) is 11.7. The minimum Gasteiger partial charge on any atom is -0.325 e. The summed E-state index contributed by atoms with van der Waals surface area (Å²) in [5.74, 6) is 0. The first-order valence-electron chi connectivity index (χ1n) is 11.5. The highest BCUT2D eigenvalue weighted by molar-refractivity contribution is 4.82. The second kappa shape index (κ2) is 17.8. The van der Waals surface area contributed by atoms with E-state index in [1.54, 1.807) is 0 Å². The number of hydrogen-bond acceptors (Lipinski definition) is 1. The van der Waals surface area contributed by atoms with Gasteiger partial charge in [-0.3, -0.25) is 0 Å². The molecule has 0 aliphatic rings. The minimum absolute atomic E-state index is 0.140. The van der Waals surface area contributed by atoms with Crippen LogP contribution in [0.2, 0.25) is 0 Å². The molecule has 0 atom stereocenters. The van der Waals surface area contributed by atoms with Gasteiger partial charge in [-0.25, -0.2) is 0 Å². The molecule has 0 heterocycles. The fourth-order valence-electron chi connectivity index (χ4n) is 4.04. The van der Waals surface area contributed by atoms with Crippen LogP contribution < -0.4 is 5.73 Å². The van der Waals surface area contributed by atoms with Crippen LogP contribution in [0.15, 0.2) is 0 Å². The van der Waals surface area contributed by atoms with Gasteiger partial charge in [-0.2, -0.15) is 0 Å². The first-order valence-corrected chi connectivity index (χ1v) is 11.5. The lowest BCUT2D eigenvalue weighted by molar-refractivity contribution is 0.320. The van der Waals surface area contributed by atoms with Crippen LogP contribution >= 0.6 is 0 Å². The van der Waals surface area contributed by atoms with Crippen LogP contribution in [-0.2, 0) is 0 Å². The van der Waals surface area contributed by atoms with E-state index in [9.17, 15) is 0 Å². The summed E-state index contributed by atoms with van der Waals surface area (Å²) in [6.07, 6.45) is 26.2. The van der Waals surface area contributed by atoms with Gasteiger partial charge in [-0.1, -0.05) is 124 Å². The van der Waals surface area contributed by atoms with E-state index < -0.39 is 0 Å². The van der Waals surface area contributed by atoms with E-state index in [1.807, 2.05) is 0 Å². The van der Waals surface area contributed by atoms with E-state index >= 15 is 0 Å². The molecule has 0 aromatic carbocycles. The second-order valence-corrected chi connectivity index (χ2v) is 8.21. The Morgan fingerprint density at radius 1 is 0.417 bits per heavy atom. The van der Waals surface area contributed by atoms with Crippen LogP contribution in [0.25, 0.3) is 0 Å². The molecule has 1 nitrogen and oxygen atoms in total. The summed E-state index contributed by atoms with van der Waals surface area (Å²) in [6.45, 7) is 6.83. The van der Waals surface area contributed by atoms with Gasteiger partial charge in [-0.05, 0) is 19.3 Å². The van der Waals surface area contributed by atoms with E-state index in [1.165, 1.54) is 122 Å². The molecule has 0 saturated carbocycles. The van der Waals surface area contributed by atoms with Gasteiger partial charge in [0.1, 0.15) is 0 Å². The molecule has 0 saturated heterocycles. The van der Waals surface area contributed by atoms with Crippen molar-refractivity contribution in [1.29, 1.82) is 0 Å². The topological polar surface area (TPSA) is 26.0 Å². The molecule has 0 aliphatic carbocycles. The average molecular weight is 340 g/mol. The van der Waals surface area contributed by atoms with E-state index in [-0.39, 0.29) is 5.54 Å². The van der Waals surface area contributed by atoms with Crippen molar-refractivity contribution in [2.75, 3.05) is 0 Å². The molecule has 146 valence electrons. The summed E-state index contributed by atoms with van der Waals surface area (Å²) >= 11 is 0. The van der Waals surface area contributed by atoms with Gasteiger partial charge in [0.25, 0.3) is 0 Å². The summed E-state index contributed by atoms with van der Waals surface area (Å²) in [5.41, 5.74) is 6.71. The van der Waals surface area contributed by atoms with E-state index in [0.717, 1.165) is 0 Å². The van der Waals surface area contributed by atoms with Crippen molar-refractivity contribution in [3.63, 3.8) is 0 Å². The van der Waals surface area contributed by atoms with Crippen molar-refractivity contribution in [2.24, 2.45) is 5.73 Å². The maximum Gasteiger partial charge on any atom is 0.0154 e. The summed E-state index contributed by atoms with van der Waals surface area (Å²) in [5, 5.41) is 0. The van der Waals surface area contributed by atoms with Crippen LogP contribution in [0.4, 0.5) is 0 Å². The fourth-order valence-corrected chi connectivity index (χ4v) is 4.04. The van der Waals surface area contributed by atoms with Gasteiger partial charge in [0.05, 0.1) is 0 Å². The van der Waals surface area contributed by atoms with Gasteiger partial charge < -0.3 is 5.73 Å². The largest absolute Gasteiger partial charge is 0.325 e. The lowest BCUT2D eigenvalue weighted by Gasteiger charge is -2.29. The third kappa shape index (κ3) is 15.5. The Morgan fingerprint density at radius 3 is 1.08 bits per heavy atom. The number of rotatable bonds is 19. The maximum absolute atomic E-state index is 6.57. The highest BCUT2D eigenvalue weighted by Crippen LogP contribution is 2.24. The van der Waals surface area contributed by atoms with E-state index in [4.69, 9.17) is 5.73 Å². The van der Waals surface area contributed by atoms with E-state index in [2.05, 4.69) is 20.8 Å². The zero-order chi connectivity index (χ0) is 17.9. The number of nitrogens with two attached hydrogens (primary N) is 1. The zero-order valence-electron chi connectivity index (χ0n) is 17.5. The molecule has 0 amide bonds. The third-order valence-electron chi connectivity index (χ3n) is 5.52. The van der Waals surface area contributed by atoms with Gasteiger partial charge in [0.15, 0.2) is 0 Å². The van der Waals surface area contributed by atoms with Crippen LogP contribution in [0, 0.1) is 0 Å². The fraction of sp³-hybridized carbons (Fsp3) is 1.00. The molecule has 24 heavy (non-hydrogen) atoms. The predicted octanol–water partition coefficient (Wildman–Crippen LogP) is 8.16. The van der Waals surface area contributed by atoms with Crippen LogP contribution in [0.1, 0.15) is 143 Å². The zero-order valence-corrected chi connectivity index (χ0v) is 17.5. The van der Waals surface area contributed by atoms with Crippen molar-refractivity contribution < 1.29 is 0 Å². The van der Waals surface area contributed by atoms with Crippen LogP contribution in [0.5, 0.6) is 0 Å². The maximum atomic E-state index is 6.57. The number of hydrogen-bond donors (Lipinski definition) is 1. The molecule has 0 aliphatic heterocycles. The van der Waals surface area contributed by atoms with Crippen molar-refractivity contribution in [1.82, 2.24) is 0 Å². The standard InChI is InChI=1S/C23H49N/c1-4-7-8-9-10-11-12-13-14-15-16-17-18-19-22-23(24,20-5-2)21-6-3/h4-22,24H2,1-3H3. The summed E-state index contributed by atoms with van der Waals surface area (Å²) < 4.78 is 0. The molecule has 0 radical (unpaired) electrons. The lowest BCUT2D eigenvalue weighted by atomic mass is 9.84. The SMILES string of the molecule is CCCCCCCCCCCCCCCCC(N)(CCC)CCC. The second-order valence-electron chi connectivity index (χ2n) is 8.21. The number of unbranched alkanes of at least 4 members (excludes halogenated alkanes) is 13. The van der Waals surface area contributed by atoms with Gasteiger partial charge in [0.2, 0.25) is 0 Å². The Kier molecular flexibility index (Phi) is 17.7. The Morgan fingerprint density at radius 2 is 0.750 bits per heavy atom. The Hall–Kier alpha value is -0.0400. The lowest BCUT2D eigenvalue weighted by Crippen LogP contribution is -2.39. The van der Waals surface area contributed by atoms with Gasteiger partial charge in [-0.15, -0.1) is 0 Å².